The summed E-state index contributed by atoms with van der Waals surface area (Å²) in [6.07, 6.45) is 3.03. The van der Waals surface area contributed by atoms with Crippen LogP contribution >= 0.6 is 11.3 Å². The van der Waals surface area contributed by atoms with Gasteiger partial charge in [0.25, 0.3) is 0 Å². The summed E-state index contributed by atoms with van der Waals surface area (Å²) in [6.45, 7) is 6.32. The van der Waals surface area contributed by atoms with Crippen LogP contribution in [0.15, 0.2) is 6.07 Å². The number of rotatable bonds is 6. The molecular formula is C17H26N2O4S. The number of carbonyl (C=O) groups is 2. The average Bonchev–Trinajstić information content (AvgIpc) is 2.90. The first-order chi connectivity index (χ1) is 11.5. The third kappa shape index (κ3) is 4.55. The fourth-order valence-electron chi connectivity index (χ4n) is 3.11. The van der Waals surface area contributed by atoms with E-state index in [1.807, 2.05) is 6.92 Å². The van der Waals surface area contributed by atoms with Gasteiger partial charge >= 0.3 is 5.97 Å². The van der Waals surface area contributed by atoms with E-state index in [0.29, 0.717) is 16.5 Å². The highest BCUT2D eigenvalue weighted by atomic mass is 32.1. The molecule has 134 valence electrons. The lowest BCUT2D eigenvalue weighted by Crippen LogP contribution is -2.50. The van der Waals surface area contributed by atoms with Crippen LogP contribution in [-0.2, 0) is 9.53 Å². The first kappa shape index (κ1) is 18.9. The molecule has 1 aromatic rings. The summed E-state index contributed by atoms with van der Waals surface area (Å²) in [5, 5.41) is 13.0. The van der Waals surface area contributed by atoms with E-state index in [1.165, 1.54) is 11.3 Å². The number of aliphatic hydroxyl groups is 1. The fourth-order valence-corrected chi connectivity index (χ4v) is 4.09. The van der Waals surface area contributed by atoms with E-state index in [0.717, 1.165) is 24.8 Å². The topological polar surface area (TPSA) is 78.9 Å². The number of hydrogen-bond acceptors (Lipinski definition) is 6. The van der Waals surface area contributed by atoms with E-state index in [1.54, 1.807) is 13.0 Å². The number of nitrogens with one attached hydrogen (secondary N) is 1. The van der Waals surface area contributed by atoms with Crippen molar-refractivity contribution >= 4 is 28.2 Å². The number of nitrogens with zero attached hydrogens (tertiary/aromatic N) is 1. The molecule has 1 aliphatic rings. The summed E-state index contributed by atoms with van der Waals surface area (Å²) in [6, 6.07) is 2.11. The van der Waals surface area contributed by atoms with Gasteiger partial charge in [0.1, 0.15) is 4.88 Å². The number of amides is 1. The highest BCUT2D eigenvalue weighted by molar-refractivity contribution is 7.18. The molecule has 0 saturated carbocycles. The van der Waals surface area contributed by atoms with Crippen molar-refractivity contribution in [1.29, 1.82) is 0 Å². The van der Waals surface area contributed by atoms with Gasteiger partial charge in [-0.1, -0.05) is 6.42 Å². The third-order valence-corrected chi connectivity index (χ3v) is 5.51. The van der Waals surface area contributed by atoms with Crippen molar-refractivity contribution in [2.45, 2.75) is 52.1 Å². The molecule has 2 unspecified atom stereocenters. The second-order valence-electron chi connectivity index (χ2n) is 6.18. The number of piperidine rings is 1. The molecule has 6 nitrogen and oxygen atoms in total. The van der Waals surface area contributed by atoms with Crippen molar-refractivity contribution in [2.75, 3.05) is 25.1 Å². The molecular weight excluding hydrogens is 328 g/mol. The maximum Gasteiger partial charge on any atom is 0.348 e. The monoisotopic (exact) mass is 354 g/mol. The summed E-state index contributed by atoms with van der Waals surface area (Å²) in [4.78, 5) is 26.8. The van der Waals surface area contributed by atoms with Crippen LogP contribution < -0.4 is 5.32 Å². The van der Waals surface area contributed by atoms with E-state index >= 15 is 0 Å². The molecule has 0 bridgehead atoms. The lowest BCUT2D eigenvalue weighted by molar-refractivity contribution is -0.119. The molecule has 2 N–H and O–H groups in total. The number of carbonyl (C=O) groups excluding carboxylic acids is 2. The van der Waals surface area contributed by atoms with Gasteiger partial charge in [-0.15, -0.1) is 11.3 Å². The van der Waals surface area contributed by atoms with Crippen LogP contribution in [0.1, 0.15) is 48.3 Å². The maximum atomic E-state index is 12.4. The zero-order valence-electron chi connectivity index (χ0n) is 14.5. The van der Waals surface area contributed by atoms with Gasteiger partial charge in [0.15, 0.2) is 0 Å². The zero-order valence-corrected chi connectivity index (χ0v) is 15.3. The molecule has 2 atom stereocenters. The molecule has 1 fully saturated rings. The van der Waals surface area contributed by atoms with Gasteiger partial charge in [0.05, 0.1) is 24.8 Å². The molecule has 1 aliphatic heterocycles. The Kier molecular flexibility index (Phi) is 6.77. The minimum atomic E-state index is -0.356. The second-order valence-corrected chi connectivity index (χ2v) is 7.23. The largest absolute Gasteiger partial charge is 0.462 e. The lowest BCUT2D eigenvalue weighted by atomic mass is 9.97. The summed E-state index contributed by atoms with van der Waals surface area (Å²) in [5.41, 5.74) is 0.799. The van der Waals surface area contributed by atoms with Crippen molar-refractivity contribution in [3.63, 3.8) is 0 Å². The molecule has 2 rings (SSSR count). The normalized spacial score (nSPS) is 21.5. The summed E-state index contributed by atoms with van der Waals surface area (Å²) in [7, 11) is 0. The Morgan fingerprint density at radius 1 is 1.46 bits per heavy atom. The Morgan fingerprint density at radius 3 is 2.88 bits per heavy atom. The molecule has 2 heterocycles. The molecule has 1 amide bonds. The van der Waals surface area contributed by atoms with Crippen molar-refractivity contribution in [2.24, 2.45) is 0 Å². The van der Waals surface area contributed by atoms with Crippen molar-refractivity contribution in [1.82, 2.24) is 4.90 Å². The van der Waals surface area contributed by atoms with E-state index < -0.39 is 0 Å². The van der Waals surface area contributed by atoms with Crippen LogP contribution in [-0.4, -0.2) is 53.7 Å². The number of thiophene rings is 1. The minimum absolute atomic E-state index is 0.0414. The number of likely N-dealkylation sites (tertiary alicyclic amines) is 1. The van der Waals surface area contributed by atoms with E-state index in [-0.39, 0.29) is 37.1 Å². The van der Waals surface area contributed by atoms with Gasteiger partial charge in [-0.05, 0) is 45.2 Å². The van der Waals surface area contributed by atoms with Crippen molar-refractivity contribution in [3.05, 3.63) is 16.5 Å². The predicted octanol–water partition coefficient (Wildman–Crippen LogP) is 2.41. The van der Waals surface area contributed by atoms with Crippen LogP contribution in [0, 0.1) is 6.92 Å². The van der Waals surface area contributed by atoms with Gasteiger partial charge in [0, 0.05) is 12.1 Å². The number of esters is 1. The Balaban J connectivity index is 1.99. The van der Waals surface area contributed by atoms with Crippen LogP contribution in [0.5, 0.6) is 0 Å². The number of aryl methyl sites for hydroxylation is 1. The molecule has 0 spiro atoms. The van der Waals surface area contributed by atoms with Crippen LogP contribution in [0.4, 0.5) is 5.00 Å². The number of ether oxygens (including phenoxy) is 1. The smallest absolute Gasteiger partial charge is 0.348 e. The van der Waals surface area contributed by atoms with Gasteiger partial charge in [-0.3, -0.25) is 9.69 Å². The average molecular weight is 354 g/mol. The highest BCUT2D eigenvalue weighted by Gasteiger charge is 2.29. The Bertz CT molecular complexity index is 587. The Morgan fingerprint density at radius 2 is 2.21 bits per heavy atom. The van der Waals surface area contributed by atoms with E-state index in [9.17, 15) is 14.7 Å². The fraction of sp³-hybridized carbons (Fsp3) is 0.647. The maximum absolute atomic E-state index is 12.4. The molecule has 0 radical (unpaired) electrons. The first-order valence-electron chi connectivity index (χ1n) is 8.40. The van der Waals surface area contributed by atoms with Gasteiger partial charge in [0.2, 0.25) is 5.91 Å². The SMILES string of the molecule is CCOC(=O)c1sc(NC(=O)CN2C(C)CCCC2CO)cc1C. The van der Waals surface area contributed by atoms with Crippen LogP contribution in [0.25, 0.3) is 0 Å². The zero-order chi connectivity index (χ0) is 17.7. The molecule has 7 heteroatoms. The van der Waals surface area contributed by atoms with E-state index in [4.69, 9.17) is 4.74 Å². The number of aliphatic hydroxyl groups excluding tert-OH is 1. The number of hydrogen-bond donors (Lipinski definition) is 2. The molecule has 0 aliphatic carbocycles. The van der Waals surface area contributed by atoms with E-state index in [2.05, 4.69) is 17.1 Å². The molecule has 0 aromatic carbocycles. The summed E-state index contributed by atoms with van der Waals surface area (Å²) in [5.74, 6) is -0.482. The lowest BCUT2D eigenvalue weighted by Gasteiger charge is -2.39. The standard InChI is InChI=1S/C17H26N2O4S/c1-4-23-17(22)16-11(2)8-15(24-16)18-14(21)9-19-12(3)6-5-7-13(19)10-20/h8,12-13,20H,4-7,9-10H2,1-3H3,(H,18,21). The van der Waals surface area contributed by atoms with Gasteiger partial charge in [-0.2, -0.15) is 0 Å². The Hall–Kier alpha value is -1.44. The van der Waals surface area contributed by atoms with Crippen molar-refractivity contribution in [3.8, 4) is 0 Å². The summed E-state index contributed by atoms with van der Waals surface area (Å²) >= 11 is 1.23. The summed E-state index contributed by atoms with van der Waals surface area (Å²) < 4.78 is 5.01. The molecule has 24 heavy (non-hydrogen) atoms. The van der Waals surface area contributed by atoms with Crippen molar-refractivity contribution < 1.29 is 19.4 Å². The van der Waals surface area contributed by atoms with Gasteiger partial charge in [-0.25, -0.2) is 4.79 Å². The van der Waals surface area contributed by atoms with Crippen LogP contribution in [0.2, 0.25) is 0 Å². The minimum Gasteiger partial charge on any atom is -0.462 e. The quantitative estimate of drug-likeness (QED) is 0.767. The highest BCUT2D eigenvalue weighted by Crippen LogP contribution is 2.28. The molecule has 1 saturated heterocycles. The number of anilines is 1. The Labute approximate surface area is 146 Å². The first-order valence-corrected chi connectivity index (χ1v) is 9.21. The van der Waals surface area contributed by atoms with Gasteiger partial charge < -0.3 is 15.2 Å². The van der Waals surface area contributed by atoms with Crippen LogP contribution in [0.3, 0.4) is 0 Å². The predicted molar refractivity (Wildman–Crippen MR) is 94.5 cm³/mol. The second kappa shape index (κ2) is 8.60. The third-order valence-electron chi connectivity index (χ3n) is 4.37. The molecule has 1 aromatic heterocycles.